The molecule has 2 aromatic carbocycles. The van der Waals surface area contributed by atoms with Crippen molar-refractivity contribution >= 4 is 27.5 Å². The van der Waals surface area contributed by atoms with Crippen LogP contribution in [0, 0.1) is 0 Å². The number of hydrogen-bond acceptors (Lipinski definition) is 5. The van der Waals surface area contributed by atoms with Gasteiger partial charge in [0.05, 0.1) is 7.11 Å². The Hall–Kier alpha value is -2.38. The van der Waals surface area contributed by atoms with Gasteiger partial charge in [0, 0.05) is 61.1 Å². The first kappa shape index (κ1) is 20.9. The Morgan fingerprint density at radius 2 is 1.93 bits per heavy atom. The van der Waals surface area contributed by atoms with Crippen molar-refractivity contribution in [1.29, 1.82) is 0 Å². The number of carbonyl (C=O) groups excluding carboxylic acids is 1. The van der Waals surface area contributed by atoms with Crippen LogP contribution in [0.15, 0.2) is 51.9 Å². The third-order valence-electron chi connectivity index (χ3n) is 6.01. The summed E-state index contributed by atoms with van der Waals surface area (Å²) in [6.45, 7) is 2.94. The van der Waals surface area contributed by atoms with Crippen LogP contribution in [0.4, 0.5) is 0 Å². The number of halogens is 1. The first-order valence-corrected chi connectivity index (χ1v) is 10.9. The molecule has 0 saturated carbocycles. The Morgan fingerprint density at radius 3 is 2.57 bits per heavy atom. The Kier molecular flexibility index (Phi) is 5.84. The quantitative estimate of drug-likeness (QED) is 0.708. The Bertz CT molecular complexity index is 966. The lowest BCUT2D eigenvalue weighted by atomic mass is 9.87. The summed E-state index contributed by atoms with van der Waals surface area (Å²) in [7, 11) is 1.65. The van der Waals surface area contributed by atoms with Crippen molar-refractivity contribution in [3.8, 4) is 11.5 Å². The molecule has 1 atom stereocenters. The molecule has 1 amide bonds. The van der Waals surface area contributed by atoms with E-state index in [9.17, 15) is 9.90 Å². The highest BCUT2D eigenvalue weighted by atomic mass is 79.9. The zero-order valence-corrected chi connectivity index (χ0v) is 18.8. The largest absolute Gasteiger partial charge is 0.508 e. The summed E-state index contributed by atoms with van der Waals surface area (Å²) >= 11 is 3.52. The average Bonchev–Trinajstić information content (AvgIpc) is 2.75. The number of phenolic OH excluding ortho intramolecular Hbond substituents is 1. The fraction of sp³-hybridized carbons (Fsp3) is 0.391. The van der Waals surface area contributed by atoms with Crippen LogP contribution in [0.5, 0.6) is 11.5 Å². The lowest BCUT2D eigenvalue weighted by molar-refractivity contribution is -0.130. The summed E-state index contributed by atoms with van der Waals surface area (Å²) < 4.78 is 6.21. The molecular weight excluding hydrogens is 446 g/mol. The predicted octanol–water partition coefficient (Wildman–Crippen LogP) is 4.03. The van der Waals surface area contributed by atoms with Gasteiger partial charge < -0.3 is 14.7 Å². The maximum Gasteiger partial charge on any atom is 0.219 e. The monoisotopic (exact) mass is 471 g/mol. The van der Waals surface area contributed by atoms with Gasteiger partial charge in [0.1, 0.15) is 17.2 Å². The molecule has 2 aromatic rings. The van der Waals surface area contributed by atoms with Crippen molar-refractivity contribution in [3.63, 3.8) is 0 Å². The Labute approximate surface area is 185 Å². The van der Waals surface area contributed by atoms with Gasteiger partial charge in [-0.2, -0.15) is 0 Å². The molecule has 1 saturated heterocycles. The lowest BCUT2D eigenvalue weighted by Gasteiger charge is -2.45. The highest BCUT2D eigenvalue weighted by Gasteiger charge is 2.41. The molecule has 7 heteroatoms. The average molecular weight is 472 g/mol. The van der Waals surface area contributed by atoms with Crippen molar-refractivity contribution in [1.82, 2.24) is 10.2 Å². The van der Waals surface area contributed by atoms with Crippen molar-refractivity contribution in [3.05, 3.63) is 58.1 Å². The van der Waals surface area contributed by atoms with E-state index in [4.69, 9.17) is 9.73 Å². The number of benzene rings is 2. The Balaban J connectivity index is 1.71. The maximum atomic E-state index is 11.8. The minimum atomic E-state index is -0.459. The molecule has 2 heterocycles. The smallest absolute Gasteiger partial charge is 0.219 e. The molecule has 2 aliphatic rings. The molecule has 30 heavy (non-hydrogen) atoms. The first-order chi connectivity index (χ1) is 14.4. The summed E-state index contributed by atoms with van der Waals surface area (Å²) in [5.74, 6) is 1.17. The number of ether oxygens (including phenoxy) is 1. The zero-order valence-electron chi connectivity index (χ0n) is 17.2. The third-order valence-corrected chi connectivity index (χ3v) is 6.51. The molecule has 2 aliphatic heterocycles. The highest BCUT2D eigenvalue weighted by molar-refractivity contribution is 9.10. The molecule has 158 valence electrons. The number of carbonyl (C=O) groups is 1. The summed E-state index contributed by atoms with van der Waals surface area (Å²) in [4.78, 5) is 18.8. The molecule has 0 aromatic heterocycles. The van der Waals surface area contributed by atoms with Gasteiger partial charge in [-0.25, -0.2) is 0 Å². The molecule has 1 fully saturated rings. The number of aromatic hydroxyl groups is 1. The van der Waals surface area contributed by atoms with Gasteiger partial charge in [-0.1, -0.05) is 15.9 Å². The Morgan fingerprint density at radius 1 is 1.23 bits per heavy atom. The van der Waals surface area contributed by atoms with Crippen LogP contribution in [0.3, 0.4) is 0 Å². The van der Waals surface area contributed by atoms with E-state index in [0.717, 1.165) is 39.9 Å². The van der Waals surface area contributed by atoms with Crippen LogP contribution in [-0.2, 0) is 4.79 Å². The molecule has 1 spiro atoms. The van der Waals surface area contributed by atoms with E-state index in [2.05, 4.69) is 21.2 Å². The molecule has 0 aliphatic carbocycles. The number of amides is 1. The second kappa shape index (κ2) is 8.40. The number of nitrogens with one attached hydrogen (secondary N) is 1. The fourth-order valence-corrected chi connectivity index (χ4v) is 4.69. The van der Waals surface area contributed by atoms with E-state index in [-0.39, 0.29) is 17.7 Å². The number of rotatable bonds is 3. The van der Waals surface area contributed by atoms with Gasteiger partial charge in [-0.3, -0.25) is 15.1 Å². The van der Waals surface area contributed by atoms with Crippen LogP contribution >= 0.6 is 15.9 Å². The lowest BCUT2D eigenvalue weighted by Crippen LogP contribution is -2.56. The summed E-state index contributed by atoms with van der Waals surface area (Å²) in [5, 5.41) is 14.2. The van der Waals surface area contributed by atoms with Crippen molar-refractivity contribution in [2.75, 3.05) is 20.2 Å². The van der Waals surface area contributed by atoms with E-state index >= 15 is 0 Å². The number of methoxy groups -OCH3 is 1. The van der Waals surface area contributed by atoms with Crippen molar-refractivity contribution < 1.29 is 14.6 Å². The number of phenols is 1. The standard InChI is InChI=1S/C23H26BrN3O3/c1-15(28)27-11-9-23(10-12-27)25-20(16-3-6-18(30-2)7-4-16)14-21(26-23)19-13-17(24)5-8-22(19)29/h3-8,13,21,26,29H,9-12,14H2,1-2H3. The summed E-state index contributed by atoms with van der Waals surface area (Å²) in [6.07, 6.45) is 2.13. The molecule has 4 rings (SSSR count). The molecule has 1 unspecified atom stereocenters. The van der Waals surface area contributed by atoms with E-state index in [0.29, 0.717) is 19.5 Å². The molecule has 0 bridgehead atoms. The van der Waals surface area contributed by atoms with Gasteiger partial charge in [0.15, 0.2) is 0 Å². The van der Waals surface area contributed by atoms with Crippen LogP contribution < -0.4 is 10.1 Å². The summed E-state index contributed by atoms with van der Waals surface area (Å²) in [5.41, 5.74) is 2.43. The van der Waals surface area contributed by atoms with Gasteiger partial charge in [-0.05, 0) is 48.0 Å². The van der Waals surface area contributed by atoms with Crippen molar-refractivity contribution in [2.45, 2.75) is 37.9 Å². The van der Waals surface area contributed by atoms with Crippen LogP contribution in [-0.4, -0.2) is 47.5 Å². The fourth-order valence-electron chi connectivity index (χ4n) is 4.31. The van der Waals surface area contributed by atoms with E-state index in [1.54, 1.807) is 20.1 Å². The first-order valence-electron chi connectivity index (χ1n) is 10.1. The van der Waals surface area contributed by atoms with Gasteiger partial charge in [-0.15, -0.1) is 0 Å². The van der Waals surface area contributed by atoms with Crippen molar-refractivity contribution in [2.24, 2.45) is 4.99 Å². The number of nitrogens with zero attached hydrogens (tertiary/aromatic N) is 2. The van der Waals surface area contributed by atoms with E-state index in [1.165, 1.54) is 0 Å². The SMILES string of the molecule is COc1ccc(C2=NC3(CCN(C(C)=O)CC3)NC(c3cc(Br)ccc3O)C2)cc1. The minimum absolute atomic E-state index is 0.0824. The van der Waals surface area contributed by atoms with Crippen LogP contribution in [0.2, 0.25) is 0 Å². The van der Waals surface area contributed by atoms with Gasteiger partial charge in [0.2, 0.25) is 5.91 Å². The molecule has 0 radical (unpaired) electrons. The summed E-state index contributed by atoms with van der Waals surface area (Å²) in [6, 6.07) is 13.4. The topological polar surface area (TPSA) is 74.2 Å². The molecular formula is C23H26BrN3O3. The van der Waals surface area contributed by atoms with E-state index < -0.39 is 5.66 Å². The normalized spacial score (nSPS) is 20.7. The van der Waals surface area contributed by atoms with Crippen LogP contribution in [0.25, 0.3) is 0 Å². The highest BCUT2D eigenvalue weighted by Crippen LogP contribution is 2.38. The molecule has 6 nitrogen and oxygen atoms in total. The van der Waals surface area contributed by atoms with E-state index in [1.807, 2.05) is 41.3 Å². The molecule has 2 N–H and O–H groups in total. The minimum Gasteiger partial charge on any atom is -0.508 e. The zero-order chi connectivity index (χ0) is 21.3. The maximum absolute atomic E-state index is 11.8. The van der Waals surface area contributed by atoms with Gasteiger partial charge in [0.25, 0.3) is 0 Å². The number of likely N-dealkylation sites (tertiary alicyclic amines) is 1. The number of piperidine rings is 1. The van der Waals surface area contributed by atoms with Crippen LogP contribution in [0.1, 0.15) is 43.4 Å². The number of aliphatic imine (C=N–C) groups is 1. The van der Waals surface area contributed by atoms with Gasteiger partial charge >= 0.3 is 0 Å². The second-order valence-corrected chi connectivity index (χ2v) is 8.84. The second-order valence-electron chi connectivity index (χ2n) is 7.93. The third kappa shape index (κ3) is 4.23. The number of hydrogen-bond donors (Lipinski definition) is 2. The predicted molar refractivity (Wildman–Crippen MR) is 120 cm³/mol.